The molecule has 30 heavy (non-hydrogen) atoms. The van der Waals surface area contributed by atoms with Crippen molar-refractivity contribution in [2.24, 2.45) is 0 Å². The van der Waals surface area contributed by atoms with Crippen LogP contribution in [0.2, 0.25) is 0 Å². The standard InChI is InChI=1S/C25H32O5/c1-18(2)30-24(25(26)27)17-19-6-5-9-23(16-19)29-15-14-28-22-12-10-21(11-13-22)20-7-3-4-8-20/h5-6,9-13,16,18,20,24H,3-4,7-8,14-15,17H2,1-2H3,(H,26,27). The molecule has 0 spiro atoms. The van der Waals surface area contributed by atoms with Crippen LogP contribution < -0.4 is 9.47 Å². The molecule has 5 heteroatoms. The van der Waals surface area contributed by atoms with Crippen molar-refractivity contribution in [2.75, 3.05) is 13.2 Å². The highest BCUT2D eigenvalue weighted by atomic mass is 16.5. The van der Waals surface area contributed by atoms with Gasteiger partial charge in [-0.15, -0.1) is 0 Å². The number of rotatable bonds is 11. The van der Waals surface area contributed by atoms with Gasteiger partial charge in [-0.2, -0.15) is 0 Å². The van der Waals surface area contributed by atoms with Gasteiger partial charge in [0.1, 0.15) is 24.7 Å². The van der Waals surface area contributed by atoms with Crippen LogP contribution in [0.3, 0.4) is 0 Å². The van der Waals surface area contributed by atoms with Crippen LogP contribution in [0.4, 0.5) is 0 Å². The quantitative estimate of drug-likeness (QED) is 0.513. The SMILES string of the molecule is CC(C)OC(Cc1cccc(OCCOc2ccc(C3CCCC3)cc2)c1)C(=O)O. The van der Waals surface area contributed by atoms with Gasteiger partial charge in [0.2, 0.25) is 0 Å². The van der Waals surface area contributed by atoms with E-state index in [4.69, 9.17) is 14.2 Å². The van der Waals surface area contributed by atoms with Crippen molar-refractivity contribution in [3.05, 3.63) is 59.7 Å². The molecule has 2 aromatic rings. The molecule has 0 saturated heterocycles. The molecule has 5 nitrogen and oxygen atoms in total. The maximum atomic E-state index is 11.4. The van der Waals surface area contributed by atoms with Crippen molar-refractivity contribution < 1.29 is 24.1 Å². The molecule has 3 rings (SSSR count). The Balaban J connectivity index is 1.44. The Labute approximate surface area is 179 Å². The van der Waals surface area contributed by atoms with E-state index in [1.807, 2.05) is 50.2 Å². The molecule has 1 saturated carbocycles. The largest absolute Gasteiger partial charge is 0.490 e. The molecule has 162 valence electrons. The van der Waals surface area contributed by atoms with E-state index >= 15 is 0 Å². The van der Waals surface area contributed by atoms with Crippen molar-refractivity contribution in [3.63, 3.8) is 0 Å². The third kappa shape index (κ3) is 6.77. The fraction of sp³-hybridized carbons (Fsp3) is 0.480. The molecule has 0 aliphatic heterocycles. The summed E-state index contributed by atoms with van der Waals surface area (Å²) in [5.74, 6) is 1.30. The first-order valence-corrected chi connectivity index (χ1v) is 10.8. The number of benzene rings is 2. The minimum absolute atomic E-state index is 0.144. The average Bonchev–Trinajstić information content (AvgIpc) is 3.26. The molecule has 1 atom stereocenters. The third-order valence-corrected chi connectivity index (χ3v) is 5.36. The molecule has 0 radical (unpaired) electrons. The number of carbonyl (C=O) groups is 1. The van der Waals surface area contributed by atoms with E-state index in [2.05, 4.69) is 12.1 Å². The van der Waals surface area contributed by atoms with Crippen LogP contribution in [0.5, 0.6) is 11.5 Å². The van der Waals surface area contributed by atoms with Crippen LogP contribution in [0, 0.1) is 0 Å². The Morgan fingerprint density at radius 3 is 2.30 bits per heavy atom. The lowest BCUT2D eigenvalue weighted by molar-refractivity contribution is -0.153. The lowest BCUT2D eigenvalue weighted by Crippen LogP contribution is -2.29. The molecule has 0 amide bonds. The van der Waals surface area contributed by atoms with Crippen LogP contribution in [0.1, 0.15) is 56.6 Å². The number of ether oxygens (including phenoxy) is 3. The van der Waals surface area contributed by atoms with Crippen molar-refractivity contribution in [2.45, 2.75) is 64.1 Å². The Morgan fingerprint density at radius 2 is 1.67 bits per heavy atom. The number of carboxylic acids is 1. The van der Waals surface area contributed by atoms with E-state index < -0.39 is 12.1 Å². The van der Waals surface area contributed by atoms with Gasteiger partial charge < -0.3 is 19.3 Å². The van der Waals surface area contributed by atoms with Gasteiger partial charge in [0, 0.05) is 6.42 Å². The minimum atomic E-state index is -0.956. The van der Waals surface area contributed by atoms with Crippen molar-refractivity contribution >= 4 is 5.97 Å². The number of aliphatic carboxylic acids is 1. The summed E-state index contributed by atoms with van der Waals surface area (Å²) in [6, 6.07) is 15.9. The summed E-state index contributed by atoms with van der Waals surface area (Å²) in [6.07, 6.45) is 4.56. The zero-order valence-electron chi connectivity index (χ0n) is 17.9. The first-order valence-electron chi connectivity index (χ1n) is 10.8. The summed E-state index contributed by atoms with van der Waals surface area (Å²) in [4.78, 5) is 11.4. The van der Waals surface area contributed by atoms with Crippen molar-refractivity contribution in [1.82, 2.24) is 0 Å². The van der Waals surface area contributed by atoms with Gasteiger partial charge in [-0.25, -0.2) is 4.79 Å². The van der Waals surface area contributed by atoms with Crippen molar-refractivity contribution in [3.8, 4) is 11.5 Å². The number of hydrogen-bond donors (Lipinski definition) is 1. The lowest BCUT2D eigenvalue weighted by Gasteiger charge is -2.17. The highest BCUT2D eigenvalue weighted by Gasteiger charge is 2.20. The van der Waals surface area contributed by atoms with E-state index in [-0.39, 0.29) is 6.10 Å². The monoisotopic (exact) mass is 412 g/mol. The van der Waals surface area contributed by atoms with Gasteiger partial charge in [-0.05, 0) is 68.0 Å². The normalized spacial score (nSPS) is 15.3. The van der Waals surface area contributed by atoms with Gasteiger partial charge >= 0.3 is 5.97 Å². The average molecular weight is 413 g/mol. The lowest BCUT2D eigenvalue weighted by atomic mass is 9.98. The Morgan fingerprint density at radius 1 is 1.00 bits per heavy atom. The predicted octanol–water partition coefficient (Wildman–Crippen LogP) is 5.22. The molecule has 1 N–H and O–H groups in total. The maximum absolute atomic E-state index is 11.4. The zero-order valence-corrected chi connectivity index (χ0v) is 17.9. The molecule has 1 aliphatic carbocycles. The summed E-state index contributed by atoms with van der Waals surface area (Å²) >= 11 is 0. The highest BCUT2D eigenvalue weighted by Crippen LogP contribution is 2.34. The fourth-order valence-electron chi connectivity index (χ4n) is 3.91. The molecule has 0 heterocycles. The smallest absolute Gasteiger partial charge is 0.333 e. The van der Waals surface area contributed by atoms with Crippen LogP contribution in [-0.2, 0) is 16.0 Å². The molecule has 1 unspecified atom stereocenters. The second kappa shape index (κ2) is 11.0. The Kier molecular flexibility index (Phi) is 8.14. The minimum Gasteiger partial charge on any atom is -0.490 e. The van der Waals surface area contributed by atoms with Gasteiger partial charge in [-0.1, -0.05) is 37.1 Å². The second-order valence-corrected chi connectivity index (χ2v) is 8.11. The summed E-state index contributed by atoms with van der Waals surface area (Å²) in [6.45, 7) is 4.52. The number of carboxylic acid groups (broad SMARTS) is 1. The summed E-state index contributed by atoms with van der Waals surface area (Å²) in [7, 11) is 0. The molecule has 1 aliphatic rings. The highest BCUT2D eigenvalue weighted by molar-refractivity contribution is 5.72. The molecular formula is C25H32O5. The van der Waals surface area contributed by atoms with Crippen LogP contribution in [-0.4, -0.2) is 36.5 Å². The topological polar surface area (TPSA) is 65.0 Å². The molecular weight excluding hydrogens is 380 g/mol. The van der Waals surface area contributed by atoms with Gasteiger partial charge in [-0.3, -0.25) is 0 Å². The fourth-order valence-corrected chi connectivity index (χ4v) is 3.91. The van der Waals surface area contributed by atoms with Gasteiger partial charge in [0.05, 0.1) is 6.10 Å². The molecule has 1 fully saturated rings. The zero-order chi connectivity index (χ0) is 21.3. The number of hydrogen-bond acceptors (Lipinski definition) is 4. The van der Waals surface area contributed by atoms with Crippen LogP contribution in [0.15, 0.2) is 48.5 Å². The summed E-state index contributed by atoms with van der Waals surface area (Å²) in [5, 5.41) is 9.34. The first kappa shape index (κ1) is 22.2. The van der Waals surface area contributed by atoms with E-state index in [0.29, 0.717) is 31.3 Å². The van der Waals surface area contributed by atoms with E-state index in [1.54, 1.807) is 0 Å². The van der Waals surface area contributed by atoms with Gasteiger partial charge in [0.25, 0.3) is 0 Å². The maximum Gasteiger partial charge on any atom is 0.333 e. The molecule has 0 aromatic heterocycles. The van der Waals surface area contributed by atoms with E-state index in [1.165, 1.54) is 31.2 Å². The third-order valence-electron chi connectivity index (χ3n) is 5.36. The van der Waals surface area contributed by atoms with E-state index in [9.17, 15) is 9.90 Å². The van der Waals surface area contributed by atoms with E-state index in [0.717, 1.165) is 11.3 Å². The predicted molar refractivity (Wildman–Crippen MR) is 116 cm³/mol. The second-order valence-electron chi connectivity index (χ2n) is 8.11. The molecule has 0 bridgehead atoms. The molecule has 2 aromatic carbocycles. The van der Waals surface area contributed by atoms with Crippen LogP contribution in [0.25, 0.3) is 0 Å². The van der Waals surface area contributed by atoms with Gasteiger partial charge in [0.15, 0.2) is 6.10 Å². The Hall–Kier alpha value is -2.53. The first-order chi connectivity index (χ1) is 14.5. The van der Waals surface area contributed by atoms with Crippen LogP contribution >= 0.6 is 0 Å². The summed E-state index contributed by atoms with van der Waals surface area (Å²) < 4.78 is 17.1. The summed E-state index contributed by atoms with van der Waals surface area (Å²) in [5.41, 5.74) is 2.28. The Bertz CT molecular complexity index is 793. The van der Waals surface area contributed by atoms with Crippen molar-refractivity contribution in [1.29, 1.82) is 0 Å².